The number of hydrogen-bond donors (Lipinski definition) is 4. The number of nitrogens with two attached hydrogens (primary N) is 1. The van der Waals surface area contributed by atoms with E-state index in [-0.39, 0.29) is 23.1 Å². The number of rotatable bonds is 4. The van der Waals surface area contributed by atoms with Gasteiger partial charge in [0.1, 0.15) is 5.75 Å². The van der Waals surface area contributed by atoms with Crippen LogP contribution in [0.1, 0.15) is 24.2 Å². The van der Waals surface area contributed by atoms with E-state index < -0.39 is 11.9 Å². The Morgan fingerprint density at radius 2 is 2.00 bits per heavy atom. The normalized spacial score (nSPS) is 13.4. The van der Waals surface area contributed by atoms with E-state index in [0.717, 1.165) is 0 Å². The number of carbonyl (C=O) groups is 1. The average Bonchev–Trinajstić information content (AvgIpc) is 2.35. The van der Waals surface area contributed by atoms with Crippen LogP contribution < -0.4 is 11.1 Å². The molecular formula is C12H17N3O3. The summed E-state index contributed by atoms with van der Waals surface area (Å²) in [5, 5.41) is 23.7. The van der Waals surface area contributed by atoms with Crippen molar-refractivity contribution in [2.45, 2.75) is 19.9 Å². The molecule has 1 rings (SSSR count). The Morgan fingerprint density at radius 1 is 1.39 bits per heavy atom. The van der Waals surface area contributed by atoms with Crippen LogP contribution >= 0.6 is 0 Å². The Bertz CT molecular complexity index is 458. The highest BCUT2D eigenvalue weighted by molar-refractivity contribution is 6.00. The van der Waals surface area contributed by atoms with Gasteiger partial charge in [-0.2, -0.15) is 0 Å². The van der Waals surface area contributed by atoms with E-state index in [1.807, 2.05) is 13.8 Å². The second-order valence-electron chi connectivity index (χ2n) is 4.24. The van der Waals surface area contributed by atoms with Gasteiger partial charge in [-0.1, -0.05) is 31.1 Å². The van der Waals surface area contributed by atoms with Gasteiger partial charge in [-0.25, -0.2) is 0 Å². The van der Waals surface area contributed by atoms with Crippen LogP contribution in [-0.2, 0) is 0 Å². The zero-order valence-corrected chi connectivity index (χ0v) is 10.3. The van der Waals surface area contributed by atoms with Crippen molar-refractivity contribution < 1.29 is 15.1 Å². The number of nitrogens with zero attached hydrogens (tertiary/aromatic N) is 1. The molecule has 18 heavy (non-hydrogen) atoms. The molecule has 6 nitrogen and oxygen atoms in total. The molecule has 0 radical (unpaired) electrons. The van der Waals surface area contributed by atoms with E-state index in [0.29, 0.717) is 0 Å². The number of amides is 1. The number of benzene rings is 1. The lowest BCUT2D eigenvalue weighted by Crippen LogP contribution is -2.47. The number of phenols is 1. The summed E-state index contributed by atoms with van der Waals surface area (Å²) in [6.45, 7) is 3.65. The predicted molar refractivity (Wildman–Crippen MR) is 67.6 cm³/mol. The van der Waals surface area contributed by atoms with Crippen molar-refractivity contribution in [3.8, 4) is 5.75 Å². The number of amidine groups is 1. The van der Waals surface area contributed by atoms with E-state index in [1.54, 1.807) is 12.1 Å². The highest BCUT2D eigenvalue weighted by Crippen LogP contribution is 2.16. The van der Waals surface area contributed by atoms with Gasteiger partial charge in [0, 0.05) is 0 Å². The molecule has 0 heterocycles. The molecule has 1 unspecified atom stereocenters. The lowest BCUT2D eigenvalue weighted by atomic mass is 10.0. The van der Waals surface area contributed by atoms with E-state index in [2.05, 4.69) is 10.5 Å². The molecule has 0 aliphatic carbocycles. The summed E-state index contributed by atoms with van der Waals surface area (Å²) in [6.07, 6.45) is 0. The van der Waals surface area contributed by atoms with Crippen LogP contribution in [0.2, 0.25) is 0 Å². The van der Waals surface area contributed by atoms with Crippen LogP contribution in [0.4, 0.5) is 0 Å². The number of oxime groups is 1. The molecule has 0 bridgehead atoms. The minimum Gasteiger partial charge on any atom is -0.507 e. The summed E-state index contributed by atoms with van der Waals surface area (Å²) in [4.78, 5) is 11.9. The number of phenolic OH excluding ortho intramolecular Hbond substituents is 1. The van der Waals surface area contributed by atoms with Crippen molar-refractivity contribution in [2.75, 3.05) is 0 Å². The SMILES string of the molecule is CC(C)C(NC(=O)c1ccccc1O)C(N)=NO. The molecule has 0 spiro atoms. The van der Waals surface area contributed by atoms with Crippen molar-refractivity contribution in [3.05, 3.63) is 29.8 Å². The molecule has 5 N–H and O–H groups in total. The first kappa shape index (κ1) is 13.8. The van der Waals surface area contributed by atoms with Crippen molar-refractivity contribution in [1.29, 1.82) is 0 Å². The van der Waals surface area contributed by atoms with Crippen molar-refractivity contribution in [2.24, 2.45) is 16.8 Å². The van der Waals surface area contributed by atoms with E-state index in [9.17, 15) is 9.90 Å². The molecule has 0 aromatic heterocycles. The van der Waals surface area contributed by atoms with E-state index in [1.165, 1.54) is 12.1 Å². The van der Waals surface area contributed by atoms with Gasteiger partial charge >= 0.3 is 0 Å². The van der Waals surface area contributed by atoms with E-state index in [4.69, 9.17) is 10.9 Å². The summed E-state index contributed by atoms with van der Waals surface area (Å²) in [6, 6.07) is 5.58. The summed E-state index contributed by atoms with van der Waals surface area (Å²) >= 11 is 0. The number of hydrogen-bond acceptors (Lipinski definition) is 4. The third kappa shape index (κ3) is 3.13. The van der Waals surface area contributed by atoms with Crippen LogP contribution in [0.3, 0.4) is 0 Å². The molecule has 1 amide bonds. The monoisotopic (exact) mass is 251 g/mol. The molecule has 0 saturated heterocycles. The quantitative estimate of drug-likeness (QED) is 0.276. The van der Waals surface area contributed by atoms with Crippen LogP contribution in [-0.4, -0.2) is 28.1 Å². The van der Waals surface area contributed by atoms with Crippen molar-refractivity contribution in [3.63, 3.8) is 0 Å². The first-order valence-corrected chi connectivity index (χ1v) is 5.53. The molecular weight excluding hydrogens is 234 g/mol. The lowest BCUT2D eigenvalue weighted by molar-refractivity contribution is 0.0936. The molecule has 0 aliphatic heterocycles. The summed E-state index contributed by atoms with van der Waals surface area (Å²) < 4.78 is 0. The fraction of sp³-hybridized carbons (Fsp3) is 0.333. The Kier molecular flexibility index (Phi) is 4.53. The van der Waals surface area contributed by atoms with Gasteiger partial charge in [0.25, 0.3) is 5.91 Å². The second-order valence-corrected chi connectivity index (χ2v) is 4.24. The molecule has 1 aromatic carbocycles. The molecule has 98 valence electrons. The van der Waals surface area contributed by atoms with Crippen LogP contribution in [0.25, 0.3) is 0 Å². The van der Waals surface area contributed by atoms with Gasteiger partial charge in [-0.05, 0) is 18.1 Å². The summed E-state index contributed by atoms with van der Waals surface area (Å²) in [5.74, 6) is -0.708. The third-order valence-corrected chi connectivity index (χ3v) is 2.54. The van der Waals surface area contributed by atoms with Gasteiger partial charge in [0.15, 0.2) is 5.84 Å². The fourth-order valence-electron chi connectivity index (χ4n) is 1.53. The largest absolute Gasteiger partial charge is 0.507 e. The summed E-state index contributed by atoms with van der Waals surface area (Å²) in [7, 11) is 0. The first-order chi connectivity index (χ1) is 8.47. The van der Waals surface area contributed by atoms with Crippen LogP contribution in [0.5, 0.6) is 5.75 Å². The first-order valence-electron chi connectivity index (χ1n) is 5.53. The van der Waals surface area contributed by atoms with Gasteiger partial charge < -0.3 is 21.4 Å². The maximum absolute atomic E-state index is 11.9. The number of para-hydroxylation sites is 1. The maximum Gasteiger partial charge on any atom is 0.255 e. The highest BCUT2D eigenvalue weighted by atomic mass is 16.4. The minimum absolute atomic E-state index is 0.0456. The predicted octanol–water partition coefficient (Wildman–Crippen LogP) is 0.893. The zero-order valence-electron chi connectivity index (χ0n) is 10.3. The highest BCUT2D eigenvalue weighted by Gasteiger charge is 2.22. The number of carbonyl (C=O) groups excluding carboxylic acids is 1. The third-order valence-electron chi connectivity index (χ3n) is 2.54. The van der Waals surface area contributed by atoms with Crippen LogP contribution in [0, 0.1) is 5.92 Å². The Hall–Kier alpha value is -2.24. The fourth-order valence-corrected chi connectivity index (χ4v) is 1.53. The second kappa shape index (κ2) is 5.90. The maximum atomic E-state index is 11.9. The van der Waals surface area contributed by atoms with Gasteiger partial charge in [0.05, 0.1) is 11.6 Å². The molecule has 0 fully saturated rings. The minimum atomic E-state index is -0.595. The zero-order chi connectivity index (χ0) is 13.7. The molecule has 0 saturated carbocycles. The Labute approximate surface area is 105 Å². The van der Waals surface area contributed by atoms with E-state index >= 15 is 0 Å². The molecule has 6 heteroatoms. The van der Waals surface area contributed by atoms with Crippen LogP contribution in [0.15, 0.2) is 29.4 Å². The number of aromatic hydroxyl groups is 1. The molecule has 1 atom stereocenters. The topological polar surface area (TPSA) is 108 Å². The standard InChI is InChI=1S/C12H17N3O3/c1-7(2)10(11(13)15-18)14-12(17)8-5-3-4-6-9(8)16/h3-7,10,16,18H,1-2H3,(H2,13,15)(H,14,17). The van der Waals surface area contributed by atoms with Gasteiger partial charge in [0.2, 0.25) is 0 Å². The lowest BCUT2D eigenvalue weighted by Gasteiger charge is -2.21. The van der Waals surface area contributed by atoms with Crippen molar-refractivity contribution >= 4 is 11.7 Å². The average molecular weight is 251 g/mol. The Morgan fingerprint density at radius 3 is 2.50 bits per heavy atom. The molecule has 1 aromatic rings. The molecule has 0 aliphatic rings. The smallest absolute Gasteiger partial charge is 0.255 e. The Balaban J connectivity index is 2.89. The number of nitrogens with one attached hydrogen (secondary N) is 1. The van der Waals surface area contributed by atoms with Gasteiger partial charge in [-0.3, -0.25) is 4.79 Å². The summed E-state index contributed by atoms with van der Waals surface area (Å²) in [5.41, 5.74) is 5.65. The van der Waals surface area contributed by atoms with Gasteiger partial charge in [-0.15, -0.1) is 0 Å². The van der Waals surface area contributed by atoms with Crippen molar-refractivity contribution in [1.82, 2.24) is 5.32 Å².